The molecule has 1 rings (SSSR count). The first-order chi connectivity index (χ1) is 7.63. The molecule has 0 aromatic rings. The van der Waals surface area contributed by atoms with Gasteiger partial charge in [0.15, 0.2) is 12.6 Å². The summed E-state index contributed by atoms with van der Waals surface area (Å²) in [4.78, 5) is 16.8. The first kappa shape index (κ1) is 14.9. The van der Waals surface area contributed by atoms with E-state index in [0.717, 1.165) is 0 Å². The predicted molar refractivity (Wildman–Crippen MR) is 48.0 cm³/mol. The summed E-state index contributed by atoms with van der Waals surface area (Å²) in [7, 11) is -5.04. The molecule has 1 saturated heterocycles. The van der Waals surface area contributed by atoms with Crippen molar-refractivity contribution < 1.29 is 49.1 Å². The SMILES string of the molecule is O=P(O)(O)OC(O)[C@H]1O[C@H](O)[C@@H](O)[C@@H](O)[C@@H]1O. The third kappa shape index (κ3) is 3.66. The molecule has 102 valence electrons. The molecular weight excluding hydrogens is 263 g/mol. The smallest absolute Gasteiger partial charge is 0.387 e. The van der Waals surface area contributed by atoms with Crippen LogP contribution in [-0.4, -0.2) is 72.3 Å². The number of hydrogen-bond acceptors (Lipinski definition) is 8. The van der Waals surface area contributed by atoms with Gasteiger partial charge in [0.25, 0.3) is 0 Å². The molecular formula is C6H13O10P. The molecule has 10 nitrogen and oxygen atoms in total. The number of aliphatic hydroxyl groups excluding tert-OH is 5. The van der Waals surface area contributed by atoms with Crippen molar-refractivity contribution in [2.24, 2.45) is 0 Å². The van der Waals surface area contributed by atoms with Crippen LogP contribution in [0.5, 0.6) is 0 Å². The third-order valence-electron chi connectivity index (χ3n) is 2.15. The van der Waals surface area contributed by atoms with Gasteiger partial charge in [0.05, 0.1) is 0 Å². The van der Waals surface area contributed by atoms with Crippen LogP contribution in [0.1, 0.15) is 0 Å². The summed E-state index contributed by atoms with van der Waals surface area (Å²) in [6, 6.07) is 0. The van der Waals surface area contributed by atoms with Crippen LogP contribution in [0.15, 0.2) is 0 Å². The molecule has 1 heterocycles. The largest absolute Gasteiger partial charge is 0.472 e. The Bertz CT molecular complexity index is 303. The molecule has 1 aliphatic heterocycles. The van der Waals surface area contributed by atoms with Gasteiger partial charge in [-0.15, -0.1) is 0 Å². The molecule has 0 aromatic heterocycles. The quantitative estimate of drug-likeness (QED) is 0.200. The van der Waals surface area contributed by atoms with Gasteiger partial charge in [0, 0.05) is 0 Å². The summed E-state index contributed by atoms with van der Waals surface area (Å²) >= 11 is 0. The van der Waals surface area contributed by atoms with Crippen LogP contribution in [-0.2, 0) is 13.8 Å². The van der Waals surface area contributed by atoms with Gasteiger partial charge in [-0.2, -0.15) is 0 Å². The average Bonchev–Trinajstić information content (AvgIpc) is 2.17. The Hall–Kier alpha value is -0.130. The second kappa shape index (κ2) is 5.24. The van der Waals surface area contributed by atoms with E-state index in [9.17, 15) is 19.9 Å². The highest BCUT2D eigenvalue weighted by Crippen LogP contribution is 2.39. The van der Waals surface area contributed by atoms with Crippen molar-refractivity contribution in [3.8, 4) is 0 Å². The van der Waals surface area contributed by atoms with E-state index < -0.39 is 44.8 Å². The molecule has 17 heavy (non-hydrogen) atoms. The summed E-state index contributed by atoms with van der Waals surface area (Å²) < 4.78 is 18.7. The van der Waals surface area contributed by atoms with Gasteiger partial charge in [0.2, 0.25) is 0 Å². The zero-order valence-corrected chi connectivity index (χ0v) is 9.16. The lowest BCUT2D eigenvalue weighted by Crippen LogP contribution is -2.60. The summed E-state index contributed by atoms with van der Waals surface area (Å²) in [5, 5.41) is 46.0. The first-order valence-corrected chi connectivity index (χ1v) is 5.96. The van der Waals surface area contributed by atoms with Crippen molar-refractivity contribution in [3.05, 3.63) is 0 Å². The summed E-state index contributed by atoms with van der Waals surface area (Å²) in [5.74, 6) is 0. The van der Waals surface area contributed by atoms with E-state index in [2.05, 4.69) is 9.26 Å². The van der Waals surface area contributed by atoms with Crippen LogP contribution in [0.2, 0.25) is 0 Å². The Morgan fingerprint density at radius 3 is 2.06 bits per heavy atom. The van der Waals surface area contributed by atoms with E-state index in [1.165, 1.54) is 0 Å². The van der Waals surface area contributed by atoms with Gasteiger partial charge in [-0.1, -0.05) is 0 Å². The highest BCUT2D eigenvalue weighted by atomic mass is 31.2. The zero-order chi connectivity index (χ0) is 13.4. The monoisotopic (exact) mass is 276 g/mol. The second-order valence-electron chi connectivity index (χ2n) is 3.45. The Morgan fingerprint density at radius 1 is 1.06 bits per heavy atom. The average molecular weight is 276 g/mol. The summed E-state index contributed by atoms with van der Waals surface area (Å²) in [6.07, 6.45) is -11.6. The molecule has 0 saturated carbocycles. The van der Waals surface area contributed by atoms with Gasteiger partial charge < -0.3 is 40.1 Å². The van der Waals surface area contributed by atoms with Gasteiger partial charge in [-0.25, -0.2) is 4.57 Å². The summed E-state index contributed by atoms with van der Waals surface area (Å²) in [6.45, 7) is 0. The highest BCUT2D eigenvalue weighted by molar-refractivity contribution is 7.46. The lowest BCUT2D eigenvalue weighted by molar-refractivity contribution is -0.314. The number of phosphoric acid groups is 1. The maximum Gasteiger partial charge on any atom is 0.472 e. The standard InChI is InChI=1S/C6H13O10P/c7-1-2(8)4(15-5(10)3(1)9)6(11)16-17(12,13)14/h1-11H,(H2,12,13,14)/t1-,2-,3-,4-,5-,6?/m0/s1. The topological polar surface area (TPSA) is 177 Å². The Kier molecular flexibility index (Phi) is 4.60. The number of rotatable bonds is 3. The molecule has 0 aromatic carbocycles. The Balaban J connectivity index is 2.73. The summed E-state index contributed by atoms with van der Waals surface area (Å²) in [5.41, 5.74) is 0. The van der Waals surface area contributed by atoms with Gasteiger partial charge in [-0.3, -0.25) is 4.52 Å². The van der Waals surface area contributed by atoms with Crippen LogP contribution >= 0.6 is 7.82 Å². The zero-order valence-electron chi connectivity index (χ0n) is 8.27. The molecule has 0 bridgehead atoms. The molecule has 1 aliphatic rings. The van der Waals surface area contributed by atoms with Crippen LogP contribution < -0.4 is 0 Å². The van der Waals surface area contributed by atoms with E-state index in [1.54, 1.807) is 0 Å². The van der Waals surface area contributed by atoms with Crippen LogP contribution in [0.25, 0.3) is 0 Å². The van der Waals surface area contributed by atoms with E-state index >= 15 is 0 Å². The number of hydrogen-bond donors (Lipinski definition) is 7. The van der Waals surface area contributed by atoms with Crippen LogP contribution in [0.3, 0.4) is 0 Å². The Labute approximate surface area is 94.9 Å². The highest BCUT2D eigenvalue weighted by Gasteiger charge is 2.47. The number of ether oxygens (including phenoxy) is 1. The van der Waals surface area contributed by atoms with Crippen LogP contribution in [0.4, 0.5) is 0 Å². The predicted octanol–water partition coefficient (Wildman–Crippen LogP) is -3.79. The molecule has 0 spiro atoms. The minimum absolute atomic E-state index is 1.82. The second-order valence-corrected chi connectivity index (χ2v) is 4.64. The fraction of sp³-hybridized carbons (Fsp3) is 1.00. The van der Waals surface area contributed by atoms with Crippen molar-refractivity contribution in [1.29, 1.82) is 0 Å². The van der Waals surface area contributed by atoms with Crippen molar-refractivity contribution in [1.82, 2.24) is 0 Å². The molecule has 0 aliphatic carbocycles. The minimum Gasteiger partial charge on any atom is -0.387 e. The lowest BCUT2D eigenvalue weighted by Gasteiger charge is -2.39. The molecule has 1 fully saturated rings. The maximum absolute atomic E-state index is 10.4. The van der Waals surface area contributed by atoms with E-state index in [-0.39, 0.29) is 0 Å². The molecule has 0 amide bonds. The fourth-order valence-corrected chi connectivity index (χ4v) is 1.72. The fourth-order valence-electron chi connectivity index (χ4n) is 1.32. The maximum atomic E-state index is 10.4. The molecule has 6 atom stereocenters. The van der Waals surface area contributed by atoms with E-state index in [0.29, 0.717) is 0 Å². The van der Waals surface area contributed by atoms with Crippen molar-refractivity contribution in [3.63, 3.8) is 0 Å². The number of aliphatic hydroxyl groups is 5. The number of phosphoric ester groups is 1. The first-order valence-electron chi connectivity index (χ1n) is 4.43. The molecule has 7 N–H and O–H groups in total. The van der Waals surface area contributed by atoms with Gasteiger partial charge >= 0.3 is 7.82 Å². The van der Waals surface area contributed by atoms with Crippen LogP contribution in [0, 0.1) is 0 Å². The minimum atomic E-state index is -5.04. The normalized spacial score (nSPS) is 41.2. The molecule has 11 heteroatoms. The Morgan fingerprint density at radius 2 is 1.59 bits per heavy atom. The van der Waals surface area contributed by atoms with Gasteiger partial charge in [0.1, 0.15) is 24.4 Å². The van der Waals surface area contributed by atoms with E-state index in [1.807, 2.05) is 0 Å². The third-order valence-corrected chi connectivity index (χ3v) is 2.64. The molecule has 0 radical (unpaired) electrons. The molecule has 1 unspecified atom stereocenters. The van der Waals surface area contributed by atoms with Gasteiger partial charge in [-0.05, 0) is 0 Å². The van der Waals surface area contributed by atoms with Crippen molar-refractivity contribution in [2.75, 3.05) is 0 Å². The van der Waals surface area contributed by atoms with Crippen molar-refractivity contribution in [2.45, 2.75) is 37.0 Å². The van der Waals surface area contributed by atoms with E-state index in [4.69, 9.17) is 20.0 Å². The van der Waals surface area contributed by atoms with Crippen molar-refractivity contribution >= 4 is 7.82 Å². The lowest BCUT2D eigenvalue weighted by atomic mass is 9.99.